The fourth-order valence-electron chi connectivity index (χ4n) is 2.81. The van der Waals surface area contributed by atoms with Crippen LogP contribution in [0.4, 0.5) is 5.69 Å². The summed E-state index contributed by atoms with van der Waals surface area (Å²) in [6.07, 6.45) is 4.76. The molecule has 110 valence electrons. The number of methoxy groups -OCH3 is 1. The first kappa shape index (κ1) is 13.7. The normalized spacial score (nSPS) is 20.6. The molecule has 2 aliphatic rings. The minimum atomic E-state index is -3.55. The summed E-state index contributed by atoms with van der Waals surface area (Å²) in [7, 11) is -2.10. The summed E-state index contributed by atoms with van der Waals surface area (Å²) in [5, 5.41) is 0. The Balaban J connectivity index is 1.77. The standard InChI is InChI=1S/C14H20N2O3S/c1-19-12-8-11(15)4-5-13(12)20(17,18)16-9-14(6-7-14)10-2-3-10/h4-5,8,10,16H,2-3,6-7,9,15H2,1H3. The van der Waals surface area contributed by atoms with Crippen LogP contribution >= 0.6 is 0 Å². The van der Waals surface area contributed by atoms with E-state index in [-0.39, 0.29) is 16.1 Å². The number of nitrogens with one attached hydrogen (secondary N) is 1. The Labute approximate surface area is 119 Å². The van der Waals surface area contributed by atoms with Crippen LogP contribution in [0.5, 0.6) is 5.75 Å². The van der Waals surface area contributed by atoms with Gasteiger partial charge in [-0.3, -0.25) is 0 Å². The summed E-state index contributed by atoms with van der Waals surface area (Å²) in [5.41, 5.74) is 6.37. The van der Waals surface area contributed by atoms with E-state index in [1.54, 1.807) is 6.07 Å². The highest BCUT2D eigenvalue weighted by Crippen LogP contribution is 2.60. The van der Waals surface area contributed by atoms with Crippen molar-refractivity contribution in [1.29, 1.82) is 0 Å². The van der Waals surface area contributed by atoms with E-state index in [1.807, 2.05) is 0 Å². The van der Waals surface area contributed by atoms with E-state index in [9.17, 15) is 8.42 Å². The predicted molar refractivity (Wildman–Crippen MR) is 77.0 cm³/mol. The van der Waals surface area contributed by atoms with Crippen molar-refractivity contribution in [3.05, 3.63) is 18.2 Å². The molecule has 0 aliphatic heterocycles. The van der Waals surface area contributed by atoms with Gasteiger partial charge in [0.2, 0.25) is 10.0 Å². The van der Waals surface area contributed by atoms with Gasteiger partial charge in [-0.15, -0.1) is 0 Å². The van der Waals surface area contributed by atoms with Crippen molar-refractivity contribution in [2.45, 2.75) is 30.6 Å². The molecule has 5 nitrogen and oxygen atoms in total. The van der Waals surface area contributed by atoms with Gasteiger partial charge >= 0.3 is 0 Å². The Morgan fingerprint density at radius 1 is 1.40 bits per heavy atom. The SMILES string of the molecule is COc1cc(N)ccc1S(=O)(=O)NCC1(C2CC2)CC1. The fourth-order valence-corrected chi connectivity index (χ4v) is 4.10. The van der Waals surface area contributed by atoms with Crippen LogP contribution in [-0.2, 0) is 10.0 Å². The molecule has 3 rings (SSSR count). The molecule has 2 saturated carbocycles. The highest BCUT2D eigenvalue weighted by Gasteiger charge is 2.53. The Bertz CT molecular complexity index is 619. The van der Waals surface area contributed by atoms with Crippen molar-refractivity contribution in [2.75, 3.05) is 19.4 Å². The molecule has 3 N–H and O–H groups in total. The monoisotopic (exact) mass is 296 g/mol. The third kappa shape index (κ3) is 2.50. The second kappa shape index (κ2) is 4.63. The van der Waals surface area contributed by atoms with Crippen LogP contribution in [0.25, 0.3) is 0 Å². The van der Waals surface area contributed by atoms with Crippen molar-refractivity contribution >= 4 is 15.7 Å². The number of anilines is 1. The van der Waals surface area contributed by atoms with Gasteiger partial charge in [0.1, 0.15) is 10.6 Å². The van der Waals surface area contributed by atoms with Gasteiger partial charge in [0.05, 0.1) is 7.11 Å². The molecule has 0 unspecified atom stereocenters. The largest absolute Gasteiger partial charge is 0.495 e. The molecule has 1 aromatic rings. The van der Waals surface area contributed by atoms with Gasteiger partial charge in [0.25, 0.3) is 0 Å². The number of nitrogen functional groups attached to an aromatic ring is 1. The van der Waals surface area contributed by atoms with Gasteiger partial charge in [-0.1, -0.05) is 0 Å². The van der Waals surface area contributed by atoms with Crippen LogP contribution in [0.1, 0.15) is 25.7 Å². The van der Waals surface area contributed by atoms with Crippen LogP contribution in [0.3, 0.4) is 0 Å². The van der Waals surface area contributed by atoms with E-state index in [2.05, 4.69) is 4.72 Å². The molecule has 0 aromatic heterocycles. The third-order valence-electron chi connectivity index (χ3n) is 4.43. The maximum absolute atomic E-state index is 12.4. The smallest absolute Gasteiger partial charge is 0.244 e. The first-order valence-corrected chi connectivity index (χ1v) is 8.38. The van der Waals surface area contributed by atoms with E-state index < -0.39 is 10.0 Å². The summed E-state index contributed by atoms with van der Waals surface area (Å²) < 4.78 is 32.7. The molecule has 0 radical (unpaired) electrons. The van der Waals surface area contributed by atoms with Gasteiger partial charge in [0, 0.05) is 18.3 Å². The van der Waals surface area contributed by atoms with Gasteiger partial charge in [0.15, 0.2) is 0 Å². The average molecular weight is 296 g/mol. The van der Waals surface area contributed by atoms with E-state index >= 15 is 0 Å². The average Bonchev–Trinajstić information content (AvgIpc) is 3.27. The topological polar surface area (TPSA) is 81.4 Å². The predicted octanol–water partition coefficient (Wildman–Crippen LogP) is 1.75. The number of nitrogens with two attached hydrogens (primary N) is 1. The lowest BCUT2D eigenvalue weighted by Crippen LogP contribution is -2.31. The molecule has 0 spiro atoms. The maximum Gasteiger partial charge on any atom is 0.244 e. The highest BCUT2D eigenvalue weighted by molar-refractivity contribution is 7.89. The molecule has 1 aromatic carbocycles. The second-order valence-corrected chi connectivity index (χ2v) is 7.61. The van der Waals surface area contributed by atoms with Gasteiger partial charge in [-0.2, -0.15) is 0 Å². The Kier molecular flexibility index (Phi) is 3.17. The molecule has 0 saturated heterocycles. The van der Waals surface area contributed by atoms with Crippen molar-refractivity contribution in [3.63, 3.8) is 0 Å². The first-order chi connectivity index (χ1) is 9.47. The Morgan fingerprint density at radius 2 is 2.10 bits per heavy atom. The molecule has 0 atom stereocenters. The molecule has 2 aliphatic carbocycles. The number of rotatable bonds is 6. The molecule has 6 heteroatoms. The minimum absolute atomic E-state index is 0.154. The number of sulfonamides is 1. The minimum Gasteiger partial charge on any atom is -0.495 e. The number of hydrogen-bond donors (Lipinski definition) is 2. The van der Waals surface area contributed by atoms with Crippen molar-refractivity contribution in [3.8, 4) is 5.75 Å². The van der Waals surface area contributed by atoms with Crippen LogP contribution < -0.4 is 15.2 Å². The van der Waals surface area contributed by atoms with E-state index in [0.717, 1.165) is 18.8 Å². The zero-order valence-electron chi connectivity index (χ0n) is 11.6. The highest BCUT2D eigenvalue weighted by atomic mass is 32.2. The second-order valence-electron chi connectivity index (χ2n) is 5.87. The van der Waals surface area contributed by atoms with E-state index in [0.29, 0.717) is 12.2 Å². The lowest BCUT2D eigenvalue weighted by Gasteiger charge is -2.16. The molecule has 20 heavy (non-hydrogen) atoms. The summed E-state index contributed by atoms with van der Waals surface area (Å²) in [5.74, 6) is 1.01. The summed E-state index contributed by atoms with van der Waals surface area (Å²) >= 11 is 0. The molecular weight excluding hydrogens is 276 g/mol. The lowest BCUT2D eigenvalue weighted by atomic mass is 10.0. The fraction of sp³-hybridized carbons (Fsp3) is 0.571. The van der Waals surface area contributed by atoms with Gasteiger partial charge in [-0.05, 0) is 49.1 Å². The Hall–Kier alpha value is -1.27. The van der Waals surface area contributed by atoms with Crippen molar-refractivity contribution < 1.29 is 13.2 Å². The summed E-state index contributed by atoms with van der Waals surface area (Å²) in [4.78, 5) is 0.154. The zero-order valence-corrected chi connectivity index (χ0v) is 12.4. The quantitative estimate of drug-likeness (QED) is 0.784. The van der Waals surface area contributed by atoms with Crippen molar-refractivity contribution in [1.82, 2.24) is 4.72 Å². The number of hydrogen-bond acceptors (Lipinski definition) is 4. The summed E-state index contributed by atoms with van der Waals surface area (Å²) in [6.45, 7) is 0.535. The molecular formula is C14H20N2O3S. The molecule has 0 bridgehead atoms. The van der Waals surface area contributed by atoms with E-state index in [1.165, 1.54) is 32.1 Å². The molecule has 0 heterocycles. The Morgan fingerprint density at radius 3 is 2.65 bits per heavy atom. The molecule has 0 amide bonds. The van der Waals surface area contributed by atoms with Crippen LogP contribution in [0, 0.1) is 11.3 Å². The van der Waals surface area contributed by atoms with Gasteiger partial charge in [-0.25, -0.2) is 13.1 Å². The summed E-state index contributed by atoms with van der Waals surface area (Å²) in [6, 6.07) is 4.60. The number of benzene rings is 1. The lowest BCUT2D eigenvalue weighted by molar-refractivity contribution is 0.401. The van der Waals surface area contributed by atoms with E-state index in [4.69, 9.17) is 10.5 Å². The van der Waals surface area contributed by atoms with Crippen LogP contribution in [-0.4, -0.2) is 22.1 Å². The van der Waals surface area contributed by atoms with Gasteiger partial charge < -0.3 is 10.5 Å². The zero-order chi connectivity index (χ0) is 14.4. The maximum atomic E-state index is 12.4. The van der Waals surface area contributed by atoms with Crippen LogP contribution in [0.15, 0.2) is 23.1 Å². The molecule has 2 fully saturated rings. The van der Waals surface area contributed by atoms with Crippen molar-refractivity contribution in [2.24, 2.45) is 11.3 Å². The first-order valence-electron chi connectivity index (χ1n) is 6.90. The third-order valence-corrected chi connectivity index (χ3v) is 5.87. The number of ether oxygens (including phenoxy) is 1. The van der Waals surface area contributed by atoms with Crippen LogP contribution in [0.2, 0.25) is 0 Å².